The molecule has 0 aliphatic carbocycles. The van der Waals surface area contributed by atoms with Gasteiger partial charge in [0.15, 0.2) is 0 Å². The average Bonchev–Trinajstić information content (AvgIpc) is 2.56. The summed E-state index contributed by atoms with van der Waals surface area (Å²) < 4.78 is 5.17. The Bertz CT molecular complexity index is 646. The Morgan fingerprint density at radius 1 is 1.04 bits per heavy atom. The summed E-state index contributed by atoms with van der Waals surface area (Å²) in [6, 6.07) is 16.7. The molecule has 0 unspecified atom stereocenters. The fourth-order valence-corrected chi connectivity index (χ4v) is 2.39. The van der Waals surface area contributed by atoms with E-state index in [1.54, 1.807) is 12.1 Å². The summed E-state index contributed by atoms with van der Waals surface area (Å²) in [6.07, 6.45) is 0. The number of ether oxygens (including phenoxy) is 1. The molecule has 0 bridgehead atoms. The third-order valence-corrected chi connectivity index (χ3v) is 4.00. The van der Waals surface area contributed by atoms with Gasteiger partial charge in [0.2, 0.25) is 0 Å². The summed E-state index contributed by atoms with van der Waals surface area (Å²) in [6.45, 7) is 1.92. The zero-order valence-corrected chi connectivity index (χ0v) is 12.8. The molecule has 3 N–H and O–H groups in total. The van der Waals surface area contributed by atoms with Crippen molar-refractivity contribution >= 4 is 17.3 Å². The van der Waals surface area contributed by atoms with Crippen LogP contribution < -0.4 is 10.6 Å². The second kappa shape index (κ2) is 6.81. The van der Waals surface area contributed by atoms with Gasteiger partial charge in [-0.2, -0.15) is 0 Å². The summed E-state index contributed by atoms with van der Waals surface area (Å²) >= 11 is 0. The molecule has 5 heteroatoms. The van der Waals surface area contributed by atoms with Gasteiger partial charge in [0.05, 0.1) is 25.2 Å². The van der Waals surface area contributed by atoms with Crippen LogP contribution in [-0.4, -0.2) is 37.4 Å². The molecule has 2 aromatic rings. The number of carbonyl (C=O) groups is 1. The molecular weight excluding hydrogens is 292 g/mol. The Kier molecular flexibility index (Phi) is 4.60. The van der Waals surface area contributed by atoms with E-state index in [0.29, 0.717) is 25.3 Å². The first-order chi connectivity index (χ1) is 11.2. The van der Waals surface area contributed by atoms with Gasteiger partial charge in [-0.25, -0.2) is 0 Å². The molecule has 23 heavy (non-hydrogen) atoms. The van der Waals surface area contributed by atoms with Crippen molar-refractivity contribution in [1.82, 2.24) is 0 Å². The highest BCUT2D eigenvalue weighted by molar-refractivity contribution is 6.04. The van der Waals surface area contributed by atoms with Crippen molar-refractivity contribution in [3.05, 3.63) is 60.2 Å². The van der Waals surface area contributed by atoms with Crippen molar-refractivity contribution in [2.45, 2.75) is 0 Å². The first-order valence-electron chi connectivity index (χ1n) is 7.60. The van der Waals surface area contributed by atoms with Gasteiger partial charge in [0.25, 0.3) is 5.91 Å². The molecule has 5 nitrogen and oxygen atoms in total. The normalized spacial score (nSPS) is 15.5. The molecule has 2 aromatic carbocycles. The quantitative estimate of drug-likeness (QED) is 0.766. The van der Waals surface area contributed by atoms with Crippen LogP contribution in [0, 0.1) is 5.41 Å². The van der Waals surface area contributed by atoms with Crippen molar-refractivity contribution < 1.29 is 14.6 Å². The van der Waals surface area contributed by atoms with E-state index in [-0.39, 0.29) is 17.9 Å². The first kappa shape index (κ1) is 15.5. The average molecular weight is 312 g/mol. The third kappa shape index (κ3) is 3.70. The van der Waals surface area contributed by atoms with E-state index in [9.17, 15) is 9.90 Å². The van der Waals surface area contributed by atoms with E-state index in [2.05, 4.69) is 10.6 Å². The number of aliphatic hydroxyl groups is 1. The molecule has 3 rings (SSSR count). The second-order valence-corrected chi connectivity index (χ2v) is 5.90. The minimum Gasteiger partial charge on any atom is -0.396 e. The van der Waals surface area contributed by atoms with Crippen molar-refractivity contribution in [2.24, 2.45) is 5.41 Å². The molecule has 0 aromatic heterocycles. The maximum Gasteiger partial charge on any atom is 0.255 e. The van der Waals surface area contributed by atoms with Gasteiger partial charge in [0, 0.05) is 23.5 Å². The van der Waals surface area contributed by atoms with Crippen molar-refractivity contribution in [1.29, 1.82) is 0 Å². The van der Waals surface area contributed by atoms with Crippen molar-refractivity contribution in [3.63, 3.8) is 0 Å². The second-order valence-electron chi connectivity index (χ2n) is 5.90. The summed E-state index contributed by atoms with van der Waals surface area (Å²) in [4.78, 5) is 12.2. The van der Waals surface area contributed by atoms with E-state index in [4.69, 9.17) is 4.74 Å². The highest BCUT2D eigenvalue weighted by atomic mass is 16.5. The molecule has 0 saturated carbocycles. The number of carbonyl (C=O) groups excluding carboxylic acids is 1. The Morgan fingerprint density at radius 3 is 2.30 bits per heavy atom. The van der Waals surface area contributed by atoms with Gasteiger partial charge in [-0.05, 0) is 36.4 Å². The molecule has 1 amide bonds. The van der Waals surface area contributed by atoms with E-state index < -0.39 is 0 Å². The maximum absolute atomic E-state index is 12.2. The highest BCUT2D eigenvalue weighted by Gasteiger charge is 2.37. The number of para-hydroxylation sites is 1. The van der Waals surface area contributed by atoms with Crippen LogP contribution >= 0.6 is 0 Å². The van der Waals surface area contributed by atoms with Gasteiger partial charge >= 0.3 is 0 Å². The SMILES string of the molecule is O=C(Nc1ccccc1)c1ccc(NCC2(CO)COC2)cc1. The summed E-state index contributed by atoms with van der Waals surface area (Å²) in [5.41, 5.74) is 2.11. The predicted molar refractivity (Wildman–Crippen MR) is 89.7 cm³/mol. The molecule has 120 valence electrons. The Balaban J connectivity index is 1.57. The number of nitrogens with one attached hydrogen (secondary N) is 2. The topological polar surface area (TPSA) is 70.6 Å². The summed E-state index contributed by atoms with van der Waals surface area (Å²) in [5.74, 6) is -0.137. The van der Waals surface area contributed by atoms with Crippen LogP contribution in [0.4, 0.5) is 11.4 Å². The van der Waals surface area contributed by atoms with Crippen LogP contribution in [-0.2, 0) is 4.74 Å². The first-order valence-corrected chi connectivity index (χ1v) is 7.60. The summed E-state index contributed by atoms with van der Waals surface area (Å²) in [7, 11) is 0. The number of aliphatic hydroxyl groups excluding tert-OH is 1. The van der Waals surface area contributed by atoms with Gasteiger partial charge in [-0.1, -0.05) is 18.2 Å². The monoisotopic (exact) mass is 312 g/mol. The number of hydrogen-bond acceptors (Lipinski definition) is 4. The van der Waals surface area contributed by atoms with Crippen molar-refractivity contribution in [2.75, 3.05) is 37.0 Å². The lowest BCUT2D eigenvalue weighted by Crippen LogP contribution is -2.50. The number of amides is 1. The van der Waals surface area contributed by atoms with Crippen LogP contribution in [0.3, 0.4) is 0 Å². The minimum absolute atomic E-state index is 0.109. The molecule has 0 atom stereocenters. The fourth-order valence-electron chi connectivity index (χ4n) is 2.39. The molecule has 0 radical (unpaired) electrons. The van der Waals surface area contributed by atoms with Gasteiger partial charge in [-0.3, -0.25) is 4.79 Å². The molecule has 1 heterocycles. The third-order valence-electron chi connectivity index (χ3n) is 4.00. The van der Waals surface area contributed by atoms with Crippen LogP contribution in [0.2, 0.25) is 0 Å². The predicted octanol–water partition coefficient (Wildman–Crippen LogP) is 2.36. The van der Waals surface area contributed by atoms with Crippen molar-refractivity contribution in [3.8, 4) is 0 Å². The number of anilines is 2. The number of hydrogen-bond donors (Lipinski definition) is 3. The van der Waals surface area contributed by atoms with E-state index in [1.165, 1.54) is 0 Å². The number of benzene rings is 2. The molecule has 1 aliphatic heterocycles. The Labute approximate surface area is 135 Å². The molecule has 1 saturated heterocycles. The Morgan fingerprint density at radius 2 is 1.74 bits per heavy atom. The lowest BCUT2D eigenvalue weighted by Gasteiger charge is -2.40. The smallest absolute Gasteiger partial charge is 0.255 e. The highest BCUT2D eigenvalue weighted by Crippen LogP contribution is 2.27. The van der Waals surface area contributed by atoms with E-state index in [1.807, 2.05) is 42.5 Å². The van der Waals surface area contributed by atoms with Gasteiger partial charge < -0.3 is 20.5 Å². The lowest BCUT2D eigenvalue weighted by atomic mass is 9.87. The summed E-state index contributed by atoms with van der Waals surface area (Å²) in [5, 5.41) is 15.5. The lowest BCUT2D eigenvalue weighted by molar-refractivity contribution is -0.128. The molecular formula is C18H20N2O3. The van der Waals surface area contributed by atoms with Crippen LogP contribution in [0.25, 0.3) is 0 Å². The van der Waals surface area contributed by atoms with E-state index in [0.717, 1.165) is 11.4 Å². The zero-order valence-electron chi connectivity index (χ0n) is 12.8. The minimum atomic E-state index is -0.177. The van der Waals surface area contributed by atoms with Crippen LogP contribution in [0.1, 0.15) is 10.4 Å². The van der Waals surface area contributed by atoms with Crippen LogP contribution in [0.15, 0.2) is 54.6 Å². The largest absolute Gasteiger partial charge is 0.396 e. The molecule has 1 aliphatic rings. The van der Waals surface area contributed by atoms with E-state index >= 15 is 0 Å². The van der Waals surface area contributed by atoms with Gasteiger partial charge in [-0.15, -0.1) is 0 Å². The number of rotatable bonds is 6. The van der Waals surface area contributed by atoms with Gasteiger partial charge in [0.1, 0.15) is 0 Å². The zero-order chi connectivity index (χ0) is 16.1. The maximum atomic E-state index is 12.2. The molecule has 0 spiro atoms. The standard InChI is InChI=1S/C18H20N2O3/c21-11-18(12-23-13-18)10-19-15-8-6-14(7-9-15)17(22)20-16-4-2-1-3-5-16/h1-9,19,21H,10-13H2,(H,20,22). The fraction of sp³-hybridized carbons (Fsp3) is 0.278. The molecule has 1 fully saturated rings. The van der Waals surface area contributed by atoms with Crippen LogP contribution in [0.5, 0.6) is 0 Å². The Hall–Kier alpha value is -2.37.